The van der Waals surface area contributed by atoms with Crippen molar-refractivity contribution in [1.82, 2.24) is 21.0 Å². The molecule has 0 saturated carbocycles. The Bertz CT molecular complexity index is 956. The number of anilines is 1. The van der Waals surface area contributed by atoms with E-state index in [9.17, 15) is 4.79 Å². The molecule has 1 aromatic heterocycles. The third-order valence-electron chi connectivity index (χ3n) is 4.79. The largest absolute Gasteiger partial charge is 0.389 e. The summed E-state index contributed by atoms with van der Waals surface area (Å²) in [6.07, 6.45) is 1.29. The number of amidine groups is 1. The van der Waals surface area contributed by atoms with Crippen molar-refractivity contribution < 1.29 is 19.1 Å². The van der Waals surface area contributed by atoms with Crippen LogP contribution in [0.4, 0.5) is 5.82 Å². The van der Waals surface area contributed by atoms with Crippen molar-refractivity contribution in [3.8, 4) is 0 Å². The average molecular weight is 486 g/mol. The van der Waals surface area contributed by atoms with Gasteiger partial charge in [0.1, 0.15) is 5.82 Å². The number of carbonyl (C=O) groups is 1. The fourth-order valence-electron chi connectivity index (χ4n) is 3.09. The molecule has 1 amide bonds. The molecule has 1 heterocycles. The molecule has 0 aliphatic rings. The number of hydrogen-bond acceptors (Lipinski definition) is 9. The van der Waals surface area contributed by atoms with Crippen molar-refractivity contribution in [3.63, 3.8) is 0 Å². The Morgan fingerprint density at radius 2 is 1.97 bits per heavy atom. The third kappa shape index (κ3) is 9.79. The van der Waals surface area contributed by atoms with Gasteiger partial charge in [0.05, 0.1) is 5.69 Å². The smallest absolute Gasteiger partial charge is 0.225 e. The maximum atomic E-state index is 12.3. The first-order valence-electron chi connectivity index (χ1n) is 11.4. The molecular formula is C24H35N7O4. The van der Waals surface area contributed by atoms with Crippen LogP contribution in [0.1, 0.15) is 37.4 Å². The highest BCUT2D eigenvalue weighted by Gasteiger charge is 2.15. The summed E-state index contributed by atoms with van der Waals surface area (Å²) in [5.41, 5.74) is 7.25. The first kappa shape index (κ1) is 27.9. The van der Waals surface area contributed by atoms with Gasteiger partial charge in [-0.2, -0.15) is 5.53 Å². The number of nitrogens with zero attached hydrogens (tertiary/aromatic N) is 3. The maximum Gasteiger partial charge on any atom is 0.225 e. The first-order valence-corrected chi connectivity index (χ1v) is 11.4. The topological polar surface area (TPSA) is 133 Å². The van der Waals surface area contributed by atoms with Gasteiger partial charge in [-0.1, -0.05) is 41.6 Å². The Kier molecular flexibility index (Phi) is 12.3. The molecule has 11 nitrogen and oxygen atoms in total. The minimum Gasteiger partial charge on any atom is -0.389 e. The van der Waals surface area contributed by atoms with Gasteiger partial charge < -0.3 is 19.6 Å². The van der Waals surface area contributed by atoms with Gasteiger partial charge in [0.25, 0.3) is 0 Å². The van der Waals surface area contributed by atoms with E-state index in [0.29, 0.717) is 43.1 Å². The van der Waals surface area contributed by atoms with E-state index in [1.54, 1.807) is 39.4 Å². The van der Waals surface area contributed by atoms with Gasteiger partial charge in [-0.25, -0.2) is 10.4 Å². The number of methoxy groups -OCH3 is 1. The summed E-state index contributed by atoms with van der Waals surface area (Å²) in [6, 6.07) is 14.6. The molecule has 11 heteroatoms. The lowest BCUT2D eigenvalue weighted by Crippen LogP contribution is -2.48. The fourth-order valence-corrected chi connectivity index (χ4v) is 3.09. The monoisotopic (exact) mass is 485 g/mol. The molecule has 1 aromatic carbocycles. The number of ether oxygens (including phenoxy) is 2. The number of carbonyl (C=O) groups excluding carboxylic acids is 1. The second-order valence-electron chi connectivity index (χ2n) is 7.42. The molecule has 0 bridgehead atoms. The lowest BCUT2D eigenvalue weighted by molar-refractivity contribution is -0.126. The SMILES string of the molecule is CCOC(CCCC(=O)Nc1cccc(CO/N=C(\C(=N)N(C)NNC)c2ccccc2)n1)OC. The zero-order valence-electron chi connectivity index (χ0n) is 20.7. The van der Waals surface area contributed by atoms with E-state index in [2.05, 4.69) is 26.4 Å². The van der Waals surface area contributed by atoms with Gasteiger partial charge in [0, 0.05) is 39.8 Å². The third-order valence-corrected chi connectivity index (χ3v) is 4.79. The summed E-state index contributed by atoms with van der Waals surface area (Å²) in [5.74, 6) is 0.404. The van der Waals surface area contributed by atoms with Crippen LogP contribution in [0.3, 0.4) is 0 Å². The van der Waals surface area contributed by atoms with Crippen molar-refractivity contribution in [2.24, 2.45) is 5.16 Å². The van der Waals surface area contributed by atoms with E-state index < -0.39 is 0 Å². The Morgan fingerprint density at radius 1 is 1.20 bits per heavy atom. The van der Waals surface area contributed by atoms with Crippen LogP contribution >= 0.6 is 0 Å². The van der Waals surface area contributed by atoms with E-state index in [1.165, 1.54) is 5.01 Å². The number of hydrogen-bond donors (Lipinski definition) is 4. The van der Waals surface area contributed by atoms with Gasteiger partial charge in [-0.15, -0.1) is 0 Å². The number of oxime groups is 1. The van der Waals surface area contributed by atoms with Crippen LogP contribution in [0.15, 0.2) is 53.7 Å². The molecule has 35 heavy (non-hydrogen) atoms. The molecule has 0 spiro atoms. The number of amides is 1. The van der Waals surface area contributed by atoms with Crippen LogP contribution < -0.4 is 16.3 Å². The lowest BCUT2D eigenvalue weighted by atomic mass is 10.1. The predicted octanol–water partition coefficient (Wildman–Crippen LogP) is 2.67. The molecule has 1 unspecified atom stereocenters. The second-order valence-corrected chi connectivity index (χ2v) is 7.42. The number of likely N-dealkylation sites (N-methyl/N-ethyl adjacent to an activating group) is 1. The predicted molar refractivity (Wildman–Crippen MR) is 135 cm³/mol. The molecule has 1 atom stereocenters. The van der Waals surface area contributed by atoms with E-state index in [-0.39, 0.29) is 24.6 Å². The summed E-state index contributed by atoms with van der Waals surface area (Å²) in [6.45, 7) is 2.53. The normalized spacial score (nSPS) is 12.2. The number of rotatable bonds is 15. The summed E-state index contributed by atoms with van der Waals surface area (Å²) in [7, 11) is 4.98. The Hall–Kier alpha value is -3.38. The minimum atomic E-state index is -0.303. The van der Waals surface area contributed by atoms with E-state index >= 15 is 0 Å². The van der Waals surface area contributed by atoms with Crippen molar-refractivity contribution >= 4 is 23.3 Å². The average Bonchev–Trinajstić information content (AvgIpc) is 2.86. The van der Waals surface area contributed by atoms with Crippen molar-refractivity contribution in [1.29, 1.82) is 5.41 Å². The zero-order valence-corrected chi connectivity index (χ0v) is 20.7. The summed E-state index contributed by atoms with van der Waals surface area (Å²) < 4.78 is 10.6. The van der Waals surface area contributed by atoms with Crippen LogP contribution in [0, 0.1) is 5.41 Å². The quantitative estimate of drug-likeness (QED) is 0.131. The summed E-state index contributed by atoms with van der Waals surface area (Å²) >= 11 is 0. The Morgan fingerprint density at radius 3 is 2.66 bits per heavy atom. The Labute approximate surface area is 206 Å². The summed E-state index contributed by atoms with van der Waals surface area (Å²) in [4.78, 5) is 22.2. The highest BCUT2D eigenvalue weighted by molar-refractivity contribution is 6.46. The number of benzene rings is 1. The molecule has 0 fully saturated rings. The Balaban J connectivity index is 1.96. The van der Waals surface area contributed by atoms with Crippen LogP contribution in [0.5, 0.6) is 0 Å². The van der Waals surface area contributed by atoms with Crippen LogP contribution in [0.25, 0.3) is 0 Å². The zero-order chi connectivity index (χ0) is 25.5. The summed E-state index contributed by atoms with van der Waals surface area (Å²) in [5, 5.41) is 16.9. The second kappa shape index (κ2) is 15.5. The van der Waals surface area contributed by atoms with Gasteiger partial charge in [0.2, 0.25) is 5.91 Å². The van der Waals surface area contributed by atoms with Gasteiger partial charge >= 0.3 is 0 Å². The van der Waals surface area contributed by atoms with Gasteiger partial charge in [-0.3, -0.25) is 15.2 Å². The number of nitrogens with one attached hydrogen (secondary N) is 4. The lowest BCUT2D eigenvalue weighted by Gasteiger charge is -2.21. The molecule has 0 aliphatic heterocycles. The standard InChI is InChI=1S/C24H35N7O4/c1-5-34-22(33-4)16-10-15-21(32)28-20-14-9-13-19(27-20)17-35-29-23(18-11-7-6-8-12-18)24(25)31(3)30-26-2/h6-9,11-14,22,25-26,30H,5,10,15-17H2,1-4H3,(H,27,28,32)/b25-24?,29-23-. The van der Waals surface area contributed by atoms with E-state index in [4.69, 9.17) is 19.7 Å². The molecule has 4 N–H and O–H groups in total. The van der Waals surface area contributed by atoms with Gasteiger partial charge in [-0.05, 0) is 31.9 Å². The number of hydrazine groups is 2. The molecule has 190 valence electrons. The fraction of sp³-hybridized carbons (Fsp3) is 0.417. The van der Waals surface area contributed by atoms with Crippen molar-refractivity contribution in [3.05, 3.63) is 59.8 Å². The molecule has 2 aromatic rings. The molecular weight excluding hydrogens is 450 g/mol. The number of pyridine rings is 1. The number of aromatic nitrogens is 1. The van der Waals surface area contributed by atoms with E-state index in [0.717, 1.165) is 5.56 Å². The molecule has 2 rings (SSSR count). The van der Waals surface area contributed by atoms with Crippen molar-refractivity contribution in [2.75, 3.05) is 33.1 Å². The molecule has 0 aliphatic carbocycles. The molecule has 0 radical (unpaired) electrons. The van der Waals surface area contributed by atoms with Crippen molar-refractivity contribution in [2.45, 2.75) is 39.1 Å². The maximum absolute atomic E-state index is 12.3. The highest BCUT2D eigenvalue weighted by Crippen LogP contribution is 2.11. The molecule has 0 saturated heterocycles. The van der Waals surface area contributed by atoms with E-state index in [1.807, 2.05) is 37.3 Å². The highest BCUT2D eigenvalue weighted by atomic mass is 16.7. The first-order chi connectivity index (χ1) is 17.0. The van der Waals surface area contributed by atoms with Crippen LogP contribution in [-0.4, -0.2) is 61.5 Å². The minimum absolute atomic E-state index is 0.0698. The van der Waals surface area contributed by atoms with Crippen LogP contribution in [0.2, 0.25) is 0 Å². The van der Waals surface area contributed by atoms with Gasteiger partial charge in [0.15, 0.2) is 24.4 Å². The van der Waals surface area contributed by atoms with Crippen LogP contribution in [-0.2, 0) is 25.7 Å².